The third kappa shape index (κ3) is 2.87. The summed E-state index contributed by atoms with van der Waals surface area (Å²) in [4.78, 5) is 11.1. The Morgan fingerprint density at radius 3 is 2.62 bits per heavy atom. The number of methoxy groups -OCH3 is 1. The number of carbonyl (C=O) groups is 1. The Labute approximate surface area is 93.5 Å². The molecular weight excluding hydrogens is 210 g/mol. The quantitative estimate of drug-likeness (QED) is 0.518. The summed E-state index contributed by atoms with van der Waals surface area (Å²) >= 11 is 0. The van der Waals surface area contributed by atoms with E-state index in [9.17, 15) is 9.90 Å². The molecule has 0 aliphatic rings. The molecular formula is C11H15NO4. The standard InChI is InChI=1S/C11H15NO4/c1-16-11(15)5-8(6-12)7-2-3-9(13)10(14)4-7/h2-4,8,13-14H,5-6,12H2,1H3. The molecule has 1 aromatic carbocycles. The van der Waals surface area contributed by atoms with E-state index in [1.165, 1.54) is 19.2 Å². The zero-order valence-corrected chi connectivity index (χ0v) is 9.01. The van der Waals surface area contributed by atoms with Crippen molar-refractivity contribution < 1.29 is 19.7 Å². The maximum absolute atomic E-state index is 11.1. The molecule has 5 heteroatoms. The third-order valence-corrected chi connectivity index (χ3v) is 2.40. The molecule has 0 bridgehead atoms. The van der Waals surface area contributed by atoms with E-state index >= 15 is 0 Å². The molecule has 0 saturated heterocycles. The average Bonchev–Trinajstić information content (AvgIpc) is 2.29. The summed E-state index contributed by atoms with van der Waals surface area (Å²) in [7, 11) is 1.31. The van der Waals surface area contributed by atoms with Gasteiger partial charge in [-0.3, -0.25) is 4.79 Å². The van der Waals surface area contributed by atoms with Crippen LogP contribution in [0.3, 0.4) is 0 Å². The fraction of sp³-hybridized carbons (Fsp3) is 0.364. The van der Waals surface area contributed by atoms with Crippen molar-refractivity contribution in [2.24, 2.45) is 5.73 Å². The summed E-state index contributed by atoms with van der Waals surface area (Å²) in [5, 5.41) is 18.5. The zero-order chi connectivity index (χ0) is 12.1. The maximum atomic E-state index is 11.1. The molecule has 1 aromatic rings. The van der Waals surface area contributed by atoms with Gasteiger partial charge in [0.05, 0.1) is 13.5 Å². The summed E-state index contributed by atoms with van der Waals surface area (Å²) in [6.45, 7) is 0.263. The van der Waals surface area contributed by atoms with E-state index in [4.69, 9.17) is 10.8 Å². The molecule has 1 rings (SSSR count). The second kappa shape index (κ2) is 5.37. The Kier molecular flexibility index (Phi) is 4.13. The molecule has 0 spiro atoms. The molecule has 0 aromatic heterocycles. The molecule has 4 N–H and O–H groups in total. The number of phenols is 2. The number of hydrogen-bond acceptors (Lipinski definition) is 5. The van der Waals surface area contributed by atoms with Gasteiger partial charge in [0, 0.05) is 5.92 Å². The molecule has 88 valence electrons. The van der Waals surface area contributed by atoms with Crippen molar-refractivity contribution in [2.45, 2.75) is 12.3 Å². The predicted octanol–water partition coefficient (Wildman–Crippen LogP) is 0.703. The minimum Gasteiger partial charge on any atom is -0.504 e. The minimum absolute atomic E-state index is 0.150. The summed E-state index contributed by atoms with van der Waals surface area (Å²) in [6.07, 6.45) is 0.150. The van der Waals surface area contributed by atoms with E-state index in [-0.39, 0.29) is 36.4 Å². The zero-order valence-electron chi connectivity index (χ0n) is 9.01. The molecule has 1 unspecified atom stereocenters. The first-order chi connectivity index (χ1) is 7.58. The number of esters is 1. The Morgan fingerprint density at radius 1 is 1.44 bits per heavy atom. The number of aromatic hydroxyl groups is 2. The van der Waals surface area contributed by atoms with E-state index in [2.05, 4.69) is 4.74 Å². The van der Waals surface area contributed by atoms with Crippen LogP contribution in [0.1, 0.15) is 17.9 Å². The average molecular weight is 225 g/mol. The van der Waals surface area contributed by atoms with Crippen molar-refractivity contribution in [3.63, 3.8) is 0 Å². The fourth-order valence-electron chi connectivity index (χ4n) is 1.42. The molecule has 0 aliphatic carbocycles. The number of hydrogen-bond donors (Lipinski definition) is 3. The lowest BCUT2D eigenvalue weighted by atomic mass is 9.95. The fourth-order valence-corrected chi connectivity index (χ4v) is 1.42. The number of rotatable bonds is 4. The van der Waals surface area contributed by atoms with Gasteiger partial charge in [-0.1, -0.05) is 6.07 Å². The Bertz CT molecular complexity index is 378. The van der Waals surface area contributed by atoms with Gasteiger partial charge in [0.25, 0.3) is 0 Å². The van der Waals surface area contributed by atoms with Gasteiger partial charge in [-0.15, -0.1) is 0 Å². The topological polar surface area (TPSA) is 92.8 Å². The van der Waals surface area contributed by atoms with E-state index in [1.807, 2.05) is 0 Å². The minimum atomic E-state index is -0.358. The van der Waals surface area contributed by atoms with Crippen LogP contribution in [0.5, 0.6) is 11.5 Å². The van der Waals surface area contributed by atoms with Crippen LogP contribution >= 0.6 is 0 Å². The lowest BCUT2D eigenvalue weighted by Gasteiger charge is -2.14. The lowest BCUT2D eigenvalue weighted by Crippen LogP contribution is -2.17. The van der Waals surface area contributed by atoms with Crippen molar-refractivity contribution in [1.29, 1.82) is 0 Å². The number of nitrogens with two attached hydrogens (primary N) is 1. The van der Waals surface area contributed by atoms with E-state index in [1.54, 1.807) is 6.07 Å². The first kappa shape index (κ1) is 12.3. The second-order valence-corrected chi connectivity index (χ2v) is 3.46. The van der Waals surface area contributed by atoms with Gasteiger partial charge in [-0.05, 0) is 24.2 Å². The van der Waals surface area contributed by atoms with Gasteiger partial charge in [-0.2, -0.15) is 0 Å². The van der Waals surface area contributed by atoms with E-state index < -0.39 is 0 Å². The molecule has 0 amide bonds. The first-order valence-corrected chi connectivity index (χ1v) is 4.87. The summed E-state index contributed by atoms with van der Waals surface area (Å²) in [6, 6.07) is 4.38. The Morgan fingerprint density at radius 2 is 2.12 bits per heavy atom. The molecule has 0 radical (unpaired) electrons. The predicted molar refractivity (Wildman–Crippen MR) is 58.2 cm³/mol. The van der Waals surface area contributed by atoms with Crippen LogP contribution < -0.4 is 5.73 Å². The van der Waals surface area contributed by atoms with E-state index in [0.717, 1.165) is 0 Å². The van der Waals surface area contributed by atoms with Gasteiger partial charge < -0.3 is 20.7 Å². The van der Waals surface area contributed by atoms with E-state index in [0.29, 0.717) is 5.56 Å². The summed E-state index contributed by atoms with van der Waals surface area (Å²) in [5.41, 5.74) is 6.24. The van der Waals surface area contributed by atoms with Crippen LogP contribution in [0.4, 0.5) is 0 Å². The highest BCUT2D eigenvalue weighted by Gasteiger charge is 2.16. The van der Waals surface area contributed by atoms with Gasteiger partial charge in [0.1, 0.15) is 0 Å². The van der Waals surface area contributed by atoms with Crippen molar-refractivity contribution >= 4 is 5.97 Å². The number of carbonyl (C=O) groups excluding carboxylic acids is 1. The van der Waals surface area contributed by atoms with Crippen LogP contribution in [-0.2, 0) is 9.53 Å². The maximum Gasteiger partial charge on any atom is 0.306 e. The SMILES string of the molecule is COC(=O)CC(CN)c1ccc(O)c(O)c1. The van der Waals surface area contributed by atoms with Crippen LogP contribution in [0.25, 0.3) is 0 Å². The molecule has 1 atom stereocenters. The van der Waals surface area contributed by atoms with Crippen molar-refractivity contribution in [2.75, 3.05) is 13.7 Å². The van der Waals surface area contributed by atoms with Gasteiger partial charge >= 0.3 is 5.97 Å². The molecule has 0 fully saturated rings. The van der Waals surface area contributed by atoms with Crippen LogP contribution in [0.15, 0.2) is 18.2 Å². The lowest BCUT2D eigenvalue weighted by molar-refractivity contribution is -0.141. The second-order valence-electron chi connectivity index (χ2n) is 3.46. The molecule has 0 saturated carbocycles. The first-order valence-electron chi connectivity index (χ1n) is 4.87. The van der Waals surface area contributed by atoms with Crippen molar-refractivity contribution in [3.05, 3.63) is 23.8 Å². The largest absolute Gasteiger partial charge is 0.504 e. The Balaban J connectivity index is 2.86. The van der Waals surface area contributed by atoms with Gasteiger partial charge in [0.15, 0.2) is 11.5 Å². The summed E-state index contributed by atoms with van der Waals surface area (Å²) < 4.78 is 4.55. The van der Waals surface area contributed by atoms with Crippen molar-refractivity contribution in [1.82, 2.24) is 0 Å². The van der Waals surface area contributed by atoms with Gasteiger partial charge in [0.2, 0.25) is 0 Å². The third-order valence-electron chi connectivity index (χ3n) is 2.40. The Hall–Kier alpha value is -1.75. The number of ether oxygens (including phenoxy) is 1. The molecule has 0 heterocycles. The smallest absolute Gasteiger partial charge is 0.306 e. The number of benzene rings is 1. The molecule has 16 heavy (non-hydrogen) atoms. The van der Waals surface area contributed by atoms with Crippen LogP contribution in [0, 0.1) is 0 Å². The van der Waals surface area contributed by atoms with Gasteiger partial charge in [-0.25, -0.2) is 0 Å². The monoisotopic (exact) mass is 225 g/mol. The summed E-state index contributed by atoms with van der Waals surface area (Å²) in [5.74, 6) is -1.000. The highest BCUT2D eigenvalue weighted by molar-refractivity contribution is 5.70. The highest BCUT2D eigenvalue weighted by Crippen LogP contribution is 2.29. The van der Waals surface area contributed by atoms with Crippen molar-refractivity contribution in [3.8, 4) is 11.5 Å². The van der Waals surface area contributed by atoms with Crippen LogP contribution in [-0.4, -0.2) is 29.8 Å². The molecule has 5 nitrogen and oxygen atoms in total. The van der Waals surface area contributed by atoms with Crippen LogP contribution in [0.2, 0.25) is 0 Å². The number of phenolic OH excluding ortho intramolecular Hbond substituents is 2. The highest BCUT2D eigenvalue weighted by atomic mass is 16.5. The molecule has 0 aliphatic heterocycles. The normalized spacial score (nSPS) is 12.1.